The van der Waals surface area contributed by atoms with Gasteiger partial charge in [-0.2, -0.15) is 0 Å². The maximum Gasteiger partial charge on any atom is 0.311 e. The molecule has 1 saturated carbocycles. The Hall–Kier alpha value is -2.37. The zero-order valence-corrected chi connectivity index (χ0v) is 15.4. The van der Waals surface area contributed by atoms with Crippen LogP contribution in [0.4, 0.5) is 0 Å². The fraction of sp³-hybridized carbons (Fsp3) is 0.550. The molecule has 1 heterocycles. The maximum absolute atomic E-state index is 12.8. The van der Waals surface area contributed by atoms with E-state index in [4.69, 9.17) is 0 Å². The van der Waals surface area contributed by atoms with Crippen molar-refractivity contribution < 1.29 is 19.5 Å². The van der Waals surface area contributed by atoms with Crippen LogP contribution in [0, 0.1) is 11.3 Å². The van der Waals surface area contributed by atoms with Gasteiger partial charge in [-0.15, -0.1) is 0 Å². The highest BCUT2D eigenvalue weighted by Gasteiger charge is 2.55. The van der Waals surface area contributed by atoms with Crippen LogP contribution in [0.3, 0.4) is 0 Å². The Morgan fingerprint density at radius 2 is 1.77 bits per heavy atom. The second-order valence-corrected chi connectivity index (χ2v) is 7.29. The molecule has 140 valence electrons. The van der Waals surface area contributed by atoms with Crippen LogP contribution in [-0.4, -0.2) is 58.9 Å². The summed E-state index contributed by atoms with van der Waals surface area (Å²) in [7, 11) is 0. The van der Waals surface area contributed by atoms with E-state index in [0.29, 0.717) is 37.2 Å². The summed E-state index contributed by atoms with van der Waals surface area (Å²) in [5.74, 6) is -0.931. The first-order valence-electron chi connectivity index (χ1n) is 9.35. The molecule has 0 bridgehead atoms. The van der Waals surface area contributed by atoms with Crippen molar-refractivity contribution in [3.63, 3.8) is 0 Å². The standard InChI is InChI=1S/C20H26N2O4/c1-3-21(4-2)17(23)14-7-9-15(10-8-14)18(24)22-12-16-6-5-11-20(16,13-22)19(25)26/h7-10,16H,3-6,11-13H2,1-2H3,(H,25,26)/t16-,20+/m0/s1. The number of benzene rings is 1. The molecule has 1 aliphatic carbocycles. The number of aliphatic carboxylic acids is 1. The first kappa shape index (κ1) is 18.4. The van der Waals surface area contributed by atoms with Crippen LogP contribution in [0.25, 0.3) is 0 Å². The Morgan fingerprint density at radius 3 is 2.31 bits per heavy atom. The molecule has 1 aliphatic heterocycles. The van der Waals surface area contributed by atoms with Crippen LogP contribution in [0.15, 0.2) is 24.3 Å². The SMILES string of the molecule is CCN(CC)C(=O)c1ccc(C(=O)N2C[C@@H]3CCC[C@@]3(C(=O)O)C2)cc1. The van der Waals surface area contributed by atoms with Gasteiger partial charge in [0.2, 0.25) is 0 Å². The van der Waals surface area contributed by atoms with Crippen LogP contribution < -0.4 is 0 Å². The summed E-state index contributed by atoms with van der Waals surface area (Å²) >= 11 is 0. The Labute approximate surface area is 153 Å². The van der Waals surface area contributed by atoms with Gasteiger partial charge in [0.15, 0.2) is 0 Å². The largest absolute Gasteiger partial charge is 0.481 e. The average Bonchev–Trinajstić information content (AvgIpc) is 3.20. The number of hydrogen-bond donors (Lipinski definition) is 1. The molecule has 1 N–H and O–H groups in total. The molecule has 2 aliphatic rings. The number of carboxylic acids is 1. The van der Waals surface area contributed by atoms with Crippen molar-refractivity contribution in [2.45, 2.75) is 33.1 Å². The van der Waals surface area contributed by atoms with Gasteiger partial charge in [-0.05, 0) is 56.9 Å². The van der Waals surface area contributed by atoms with E-state index in [1.54, 1.807) is 34.1 Å². The van der Waals surface area contributed by atoms with Gasteiger partial charge in [0.25, 0.3) is 11.8 Å². The highest BCUT2D eigenvalue weighted by Crippen LogP contribution is 2.49. The fourth-order valence-corrected chi connectivity index (χ4v) is 4.42. The van der Waals surface area contributed by atoms with E-state index < -0.39 is 11.4 Å². The zero-order valence-electron chi connectivity index (χ0n) is 15.4. The maximum atomic E-state index is 12.8. The summed E-state index contributed by atoms with van der Waals surface area (Å²) in [6.07, 6.45) is 2.43. The van der Waals surface area contributed by atoms with Crippen molar-refractivity contribution in [2.75, 3.05) is 26.2 Å². The first-order chi connectivity index (χ1) is 12.4. The number of fused-ring (bicyclic) bond motifs is 1. The quantitative estimate of drug-likeness (QED) is 0.877. The van der Waals surface area contributed by atoms with Crippen LogP contribution in [0.5, 0.6) is 0 Å². The number of carbonyl (C=O) groups is 3. The van der Waals surface area contributed by atoms with E-state index >= 15 is 0 Å². The molecule has 3 rings (SSSR count). The molecule has 0 unspecified atom stereocenters. The Bertz CT molecular complexity index is 711. The summed E-state index contributed by atoms with van der Waals surface area (Å²) in [5.41, 5.74) is 0.293. The average molecular weight is 358 g/mol. The molecule has 0 radical (unpaired) electrons. The summed E-state index contributed by atoms with van der Waals surface area (Å²) in [6.45, 7) is 5.94. The van der Waals surface area contributed by atoms with Crippen LogP contribution in [-0.2, 0) is 4.79 Å². The minimum Gasteiger partial charge on any atom is -0.481 e. The van der Waals surface area contributed by atoms with Gasteiger partial charge < -0.3 is 14.9 Å². The number of likely N-dealkylation sites (tertiary alicyclic amines) is 1. The van der Waals surface area contributed by atoms with E-state index in [1.807, 2.05) is 13.8 Å². The summed E-state index contributed by atoms with van der Waals surface area (Å²) in [4.78, 5) is 40.3. The number of rotatable bonds is 5. The monoisotopic (exact) mass is 358 g/mol. The number of amides is 2. The van der Waals surface area contributed by atoms with Crippen molar-refractivity contribution >= 4 is 17.8 Å². The van der Waals surface area contributed by atoms with Gasteiger partial charge in [0.05, 0.1) is 5.41 Å². The topological polar surface area (TPSA) is 77.9 Å². The van der Waals surface area contributed by atoms with Crippen LogP contribution >= 0.6 is 0 Å². The Morgan fingerprint density at radius 1 is 1.15 bits per heavy atom. The minimum absolute atomic E-state index is 0.0467. The van der Waals surface area contributed by atoms with Crippen molar-refractivity contribution in [3.8, 4) is 0 Å². The van der Waals surface area contributed by atoms with Crippen LogP contribution in [0.2, 0.25) is 0 Å². The predicted molar refractivity (Wildman–Crippen MR) is 97.0 cm³/mol. The lowest BCUT2D eigenvalue weighted by Crippen LogP contribution is -2.37. The van der Waals surface area contributed by atoms with E-state index in [9.17, 15) is 19.5 Å². The first-order valence-corrected chi connectivity index (χ1v) is 9.35. The third-order valence-electron chi connectivity index (χ3n) is 6.01. The molecular formula is C20H26N2O4. The van der Waals surface area contributed by atoms with Gasteiger partial charge in [0, 0.05) is 37.3 Å². The molecule has 6 nitrogen and oxygen atoms in total. The second kappa shape index (κ2) is 7.09. The highest BCUT2D eigenvalue weighted by molar-refractivity contribution is 5.98. The molecular weight excluding hydrogens is 332 g/mol. The molecule has 0 spiro atoms. The number of carbonyl (C=O) groups excluding carboxylic acids is 2. The molecule has 1 saturated heterocycles. The summed E-state index contributed by atoms with van der Waals surface area (Å²) < 4.78 is 0. The summed E-state index contributed by atoms with van der Waals surface area (Å²) in [5, 5.41) is 9.66. The highest BCUT2D eigenvalue weighted by atomic mass is 16.4. The van der Waals surface area contributed by atoms with Gasteiger partial charge >= 0.3 is 5.97 Å². The molecule has 0 aromatic heterocycles. The molecule has 6 heteroatoms. The van der Waals surface area contributed by atoms with Gasteiger partial charge in [-0.25, -0.2) is 0 Å². The normalized spacial score (nSPS) is 24.4. The number of carboxylic acid groups (broad SMARTS) is 1. The molecule has 2 fully saturated rings. The Kier molecular flexibility index (Phi) is 5.03. The van der Waals surface area contributed by atoms with Crippen molar-refractivity contribution in [2.24, 2.45) is 11.3 Å². The van der Waals surface area contributed by atoms with Crippen molar-refractivity contribution in [1.29, 1.82) is 0 Å². The van der Waals surface area contributed by atoms with E-state index in [2.05, 4.69) is 0 Å². The third-order valence-corrected chi connectivity index (χ3v) is 6.01. The molecule has 1 aromatic rings. The number of nitrogens with zero attached hydrogens (tertiary/aromatic N) is 2. The lowest BCUT2D eigenvalue weighted by atomic mass is 9.81. The Balaban J connectivity index is 1.73. The van der Waals surface area contributed by atoms with E-state index in [1.165, 1.54) is 0 Å². The van der Waals surface area contributed by atoms with Gasteiger partial charge in [-0.3, -0.25) is 14.4 Å². The molecule has 26 heavy (non-hydrogen) atoms. The van der Waals surface area contributed by atoms with Crippen molar-refractivity contribution in [3.05, 3.63) is 35.4 Å². The molecule has 2 amide bonds. The number of hydrogen-bond acceptors (Lipinski definition) is 3. The fourth-order valence-electron chi connectivity index (χ4n) is 4.42. The predicted octanol–water partition coefficient (Wildman–Crippen LogP) is 2.50. The second-order valence-electron chi connectivity index (χ2n) is 7.29. The van der Waals surface area contributed by atoms with Crippen LogP contribution in [0.1, 0.15) is 53.8 Å². The molecule has 1 aromatic carbocycles. The van der Waals surface area contributed by atoms with Crippen molar-refractivity contribution in [1.82, 2.24) is 9.80 Å². The van der Waals surface area contributed by atoms with E-state index in [-0.39, 0.29) is 24.3 Å². The van der Waals surface area contributed by atoms with E-state index in [0.717, 1.165) is 12.8 Å². The lowest BCUT2D eigenvalue weighted by molar-refractivity contribution is -0.149. The molecule has 2 atom stereocenters. The third kappa shape index (κ3) is 2.97. The van der Waals surface area contributed by atoms with Gasteiger partial charge in [-0.1, -0.05) is 6.42 Å². The minimum atomic E-state index is -0.782. The van der Waals surface area contributed by atoms with Gasteiger partial charge in [0.1, 0.15) is 0 Å². The smallest absolute Gasteiger partial charge is 0.311 e. The summed E-state index contributed by atoms with van der Waals surface area (Å²) in [6, 6.07) is 6.69. The lowest BCUT2D eigenvalue weighted by Gasteiger charge is -2.23. The zero-order chi connectivity index (χ0) is 18.9.